The van der Waals surface area contributed by atoms with Crippen LogP contribution in [0.2, 0.25) is 0 Å². The van der Waals surface area contributed by atoms with Crippen molar-refractivity contribution in [3.8, 4) is 22.5 Å². The summed E-state index contributed by atoms with van der Waals surface area (Å²) in [5.74, 6) is 0.598. The third-order valence-corrected chi connectivity index (χ3v) is 4.71. The van der Waals surface area contributed by atoms with E-state index in [2.05, 4.69) is 48.1 Å². The molecule has 1 radical (unpaired) electrons. The van der Waals surface area contributed by atoms with Crippen LogP contribution < -0.4 is 0 Å². The maximum absolute atomic E-state index is 4.52. The van der Waals surface area contributed by atoms with E-state index < -0.39 is 0 Å². The molecule has 0 aliphatic rings. The zero-order valence-corrected chi connectivity index (χ0v) is 19.8. The van der Waals surface area contributed by atoms with Crippen molar-refractivity contribution in [1.29, 1.82) is 0 Å². The fraction of sp³-hybridized carbons (Fsp3) is 0.185. The Hall–Kier alpha value is -2.61. The van der Waals surface area contributed by atoms with Gasteiger partial charge >= 0.3 is 0 Å². The standard InChI is InChI=1S/C16H18N.C11H8N.Ir/c1-3-7-13(2)15-10-11-16(17-12-15)14-8-5-4-6-9-14;1-2-6-10(7-3-1)11-8-4-5-9-12-11;/h4-6,8,10-13H,3,7H2,1-2H3;1-6,8-9H;/q2*-1;. The molecule has 0 spiro atoms. The van der Waals surface area contributed by atoms with E-state index in [1.165, 1.54) is 18.4 Å². The molecule has 2 heterocycles. The van der Waals surface area contributed by atoms with E-state index in [0.717, 1.165) is 22.5 Å². The van der Waals surface area contributed by atoms with E-state index in [1.54, 1.807) is 6.20 Å². The van der Waals surface area contributed by atoms with Crippen molar-refractivity contribution in [3.05, 3.63) is 109 Å². The fourth-order valence-electron chi connectivity index (χ4n) is 3.08. The van der Waals surface area contributed by atoms with Gasteiger partial charge in [0.15, 0.2) is 0 Å². The number of hydrogen-bond donors (Lipinski definition) is 0. The Morgan fingerprint density at radius 1 is 0.767 bits per heavy atom. The monoisotopic (exact) mass is 571 g/mol. The molecule has 3 heteroatoms. The molecule has 0 N–H and O–H groups in total. The number of benzene rings is 2. The Kier molecular flexibility index (Phi) is 10.1. The molecule has 0 amide bonds. The van der Waals surface area contributed by atoms with Crippen LogP contribution in [0.15, 0.2) is 91.3 Å². The minimum Gasteiger partial charge on any atom is -0.305 e. The average Bonchev–Trinajstić information content (AvgIpc) is 2.81. The summed E-state index contributed by atoms with van der Waals surface area (Å²) in [6, 6.07) is 32.2. The number of pyridine rings is 2. The molecule has 0 fully saturated rings. The molecule has 1 atom stereocenters. The normalized spacial score (nSPS) is 10.9. The fourth-order valence-corrected chi connectivity index (χ4v) is 3.08. The molecule has 2 aromatic heterocycles. The van der Waals surface area contributed by atoms with E-state index in [1.807, 2.05) is 72.9 Å². The van der Waals surface area contributed by atoms with Crippen molar-refractivity contribution in [2.45, 2.75) is 32.6 Å². The maximum atomic E-state index is 4.52. The molecule has 0 bridgehead atoms. The Morgan fingerprint density at radius 2 is 1.40 bits per heavy atom. The van der Waals surface area contributed by atoms with Gasteiger partial charge in [0.1, 0.15) is 0 Å². The molecule has 1 unspecified atom stereocenters. The van der Waals surface area contributed by atoms with Crippen molar-refractivity contribution in [1.82, 2.24) is 9.97 Å². The van der Waals surface area contributed by atoms with Crippen LogP contribution in [0.25, 0.3) is 22.5 Å². The van der Waals surface area contributed by atoms with Gasteiger partial charge < -0.3 is 9.97 Å². The topological polar surface area (TPSA) is 25.8 Å². The van der Waals surface area contributed by atoms with Crippen LogP contribution in [0, 0.1) is 12.1 Å². The van der Waals surface area contributed by atoms with Gasteiger partial charge in [0, 0.05) is 32.5 Å². The van der Waals surface area contributed by atoms with E-state index in [-0.39, 0.29) is 20.1 Å². The summed E-state index contributed by atoms with van der Waals surface area (Å²) in [6.07, 6.45) is 6.22. The molecule has 155 valence electrons. The summed E-state index contributed by atoms with van der Waals surface area (Å²) in [4.78, 5) is 8.74. The first-order chi connectivity index (χ1) is 14.3. The van der Waals surface area contributed by atoms with Gasteiger partial charge in [-0.3, -0.25) is 0 Å². The summed E-state index contributed by atoms with van der Waals surface area (Å²) in [7, 11) is 0. The van der Waals surface area contributed by atoms with Crippen LogP contribution in [0.4, 0.5) is 0 Å². The molecule has 0 saturated heterocycles. The summed E-state index contributed by atoms with van der Waals surface area (Å²) < 4.78 is 0. The van der Waals surface area contributed by atoms with Gasteiger partial charge in [0.05, 0.1) is 0 Å². The van der Waals surface area contributed by atoms with Crippen molar-refractivity contribution >= 4 is 0 Å². The number of aromatic nitrogens is 2. The molecule has 4 rings (SSSR count). The molecule has 2 aromatic carbocycles. The van der Waals surface area contributed by atoms with Crippen LogP contribution in [0.1, 0.15) is 38.2 Å². The van der Waals surface area contributed by atoms with Gasteiger partial charge in [-0.1, -0.05) is 44.5 Å². The van der Waals surface area contributed by atoms with Gasteiger partial charge in [0.2, 0.25) is 0 Å². The molecule has 0 aliphatic heterocycles. The SMILES string of the molecule is CCCC(C)c1ccc(-c2[c-]cccc2)nc1.[Ir].[c-]1ccccc1-c1ccccn1. The predicted octanol–water partition coefficient (Wildman–Crippen LogP) is 7.00. The van der Waals surface area contributed by atoms with E-state index in [4.69, 9.17) is 0 Å². The Labute approximate surface area is 193 Å². The second kappa shape index (κ2) is 12.8. The molecule has 2 nitrogen and oxygen atoms in total. The predicted molar refractivity (Wildman–Crippen MR) is 120 cm³/mol. The van der Waals surface area contributed by atoms with E-state index >= 15 is 0 Å². The van der Waals surface area contributed by atoms with Crippen molar-refractivity contribution in [2.24, 2.45) is 0 Å². The third kappa shape index (κ3) is 7.02. The minimum atomic E-state index is 0. The molecule has 0 aliphatic carbocycles. The van der Waals surface area contributed by atoms with Gasteiger partial charge in [-0.25, -0.2) is 0 Å². The molecular weight excluding hydrogens is 545 g/mol. The quantitative estimate of drug-likeness (QED) is 0.242. The molecule has 4 aromatic rings. The Balaban J connectivity index is 0.000000218. The first-order valence-corrected chi connectivity index (χ1v) is 10.1. The van der Waals surface area contributed by atoms with Gasteiger partial charge in [-0.2, -0.15) is 0 Å². The van der Waals surface area contributed by atoms with Crippen LogP contribution in [0.3, 0.4) is 0 Å². The van der Waals surface area contributed by atoms with Crippen molar-refractivity contribution < 1.29 is 20.1 Å². The van der Waals surface area contributed by atoms with E-state index in [0.29, 0.717) is 5.92 Å². The van der Waals surface area contributed by atoms with Gasteiger partial charge in [-0.15, -0.1) is 71.8 Å². The van der Waals surface area contributed by atoms with Gasteiger partial charge in [0.25, 0.3) is 0 Å². The largest absolute Gasteiger partial charge is 0.305 e. The second-order valence-corrected chi connectivity index (χ2v) is 6.93. The summed E-state index contributed by atoms with van der Waals surface area (Å²) in [5.41, 5.74) is 5.39. The minimum absolute atomic E-state index is 0. The summed E-state index contributed by atoms with van der Waals surface area (Å²) >= 11 is 0. The first-order valence-electron chi connectivity index (χ1n) is 10.1. The Morgan fingerprint density at radius 3 is 1.87 bits per heavy atom. The van der Waals surface area contributed by atoms with E-state index in [9.17, 15) is 0 Å². The number of hydrogen-bond acceptors (Lipinski definition) is 2. The summed E-state index contributed by atoms with van der Waals surface area (Å²) in [5, 5.41) is 0. The summed E-state index contributed by atoms with van der Waals surface area (Å²) in [6.45, 7) is 4.48. The zero-order chi connectivity index (χ0) is 20.3. The van der Waals surface area contributed by atoms with Crippen molar-refractivity contribution in [2.75, 3.05) is 0 Å². The first kappa shape index (κ1) is 23.7. The second-order valence-electron chi connectivity index (χ2n) is 6.93. The van der Waals surface area contributed by atoms with Gasteiger partial charge in [-0.05, 0) is 35.4 Å². The molecular formula is C27H26IrN2-2. The molecule has 0 saturated carbocycles. The number of rotatable bonds is 5. The maximum Gasteiger partial charge on any atom is 0.0195 e. The van der Waals surface area contributed by atoms with Crippen molar-refractivity contribution in [3.63, 3.8) is 0 Å². The van der Waals surface area contributed by atoms with Crippen LogP contribution in [0.5, 0.6) is 0 Å². The third-order valence-electron chi connectivity index (χ3n) is 4.71. The average molecular weight is 571 g/mol. The molecule has 30 heavy (non-hydrogen) atoms. The van der Waals surface area contributed by atoms with Crippen LogP contribution in [-0.4, -0.2) is 9.97 Å². The Bertz CT molecular complexity index is 918. The van der Waals surface area contributed by atoms with Crippen LogP contribution >= 0.6 is 0 Å². The zero-order valence-electron chi connectivity index (χ0n) is 17.4. The number of nitrogens with zero attached hydrogens (tertiary/aromatic N) is 2. The smallest absolute Gasteiger partial charge is 0.0195 e. The van der Waals surface area contributed by atoms with Crippen LogP contribution in [-0.2, 0) is 20.1 Å².